The molecule has 0 saturated heterocycles. The lowest BCUT2D eigenvalue weighted by molar-refractivity contribution is 0.242. The van der Waals surface area contributed by atoms with E-state index in [0.29, 0.717) is 5.92 Å². The SMILES string of the molecule is CCCC(CC)c1ccc(-c2cccc(OC(C)C)c2)cc1-n1ccc(C)n1. The lowest BCUT2D eigenvalue weighted by atomic mass is 9.89. The number of ether oxygens (including phenoxy) is 1. The highest BCUT2D eigenvalue weighted by atomic mass is 16.5. The first-order valence-corrected chi connectivity index (χ1v) is 10.5. The second kappa shape index (κ2) is 9.09. The van der Waals surface area contributed by atoms with Crippen molar-refractivity contribution in [3.63, 3.8) is 0 Å². The van der Waals surface area contributed by atoms with E-state index in [1.807, 2.05) is 17.7 Å². The zero-order chi connectivity index (χ0) is 20.1. The van der Waals surface area contributed by atoms with Crippen molar-refractivity contribution in [3.05, 3.63) is 66.0 Å². The average molecular weight is 377 g/mol. The molecule has 0 radical (unpaired) electrons. The van der Waals surface area contributed by atoms with E-state index in [2.05, 4.69) is 76.4 Å². The van der Waals surface area contributed by atoms with Gasteiger partial charge in [0.25, 0.3) is 0 Å². The molecule has 3 rings (SSSR count). The van der Waals surface area contributed by atoms with Crippen molar-refractivity contribution in [2.75, 3.05) is 0 Å². The maximum atomic E-state index is 5.89. The Morgan fingerprint density at radius 1 is 1.00 bits per heavy atom. The van der Waals surface area contributed by atoms with E-state index in [4.69, 9.17) is 9.84 Å². The largest absolute Gasteiger partial charge is 0.491 e. The lowest BCUT2D eigenvalue weighted by Crippen LogP contribution is -2.06. The number of aryl methyl sites for hydroxylation is 1. The molecule has 0 amide bonds. The molecule has 0 saturated carbocycles. The Balaban J connectivity index is 2.07. The van der Waals surface area contributed by atoms with Gasteiger partial charge in [-0.25, -0.2) is 4.68 Å². The molecule has 0 spiro atoms. The molecular weight excluding hydrogens is 344 g/mol. The van der Waals surface area contributed by atoms with E-state index in [-0.39, 0.29) is 6.10 Å². The second-order valence-corrected chi connectivity index (χ2v) is 7.76. The molecule has 28 heavy (non-hydrogen) atoms. The fourth-order valence-electron chi connectivity index (χ4n) is 3.77. The predicted octanol–water partition coefficient (Wildman–Crippen LogP) is 6.93. The van der Waals surface area contributed by atoms with Crippen molar-refractivity contribution in [1.82, 2.24) is 9.78 Å². The normalized spacial score (nSPS) is 12.4. The first-order chi connectivity index (χ1) is 13.5. The van der Waals surface area contributed by atoms with Crippen molar-refractivity contribution < 1.29 is 4.74 Å². The van der Waals surface area contributed by atoms with Crippen LogP contribution in [0.4, 0.5) is 0 Å². The number of hydrogen-bond donors (Lipinski definition) is 0. The van der Waals surface area contributed by atoms with Crippen LogP contribution in [0.3, 0.4) is 0 Å². The molecule has 1 atom stereocenters. The number of aromatic nitrogens is 2. The average Bonchev–Trinajstić information content (AvgIpc) is 3.12. The van der Waals surface area contributed by atoms with Crippen LogP contribution in [0.25, 0.3) is 16.8 Å². The molecule has 0 aliphatic heterocycles. The molecule has 2 aromatic carbocycles. The zero-order valence-corrected chi connectivity index (χ0v) is 17.8. The van der Waals surface area contributed by atoms with Crippen LogP contribution in [-0.2, 0) is 0 Å². The van der Waals surface area contributed by atoms with Gasteiger partial charge in [0.1, 0.15) is 5.75 Å². The van der Waals surface area contributed by atoms with Gasteiger partial charge in [0, 0.05) is 6.20 Å². The van der Waals surface area contributed by atoms with Crippen molar-refractivity contribution in [3.8, 4) is 22.6 Å². The highest BCUT2D eigenvalue weighted by molar-refractivity contribution is 5.69. The van der Waals surface area contributed by atoms with Crippen molar-refractivity contribution >= 4 is 0 Å². The molecule has 148 valence electrons. The van der Waals surface area contributed by atoms with Crippen molar-refractivity contribution in [2.45, 2.75) is 65.9 Å². The fraction of sp³-hybridized carbons (Fsp3) is 0.400. The first kappa shape index (κ1) is 20.2. The number of benzene rings is 2. The van der Waals surface area contributed by atoms with E-state index in [9.17, 15) is 0 Å². The van der Waals surface area contributed by atoms with Crippen LogP contribution in [0.15, 0.2) is 54.7 Å². The van der Waals surface area contributed by atoms with Crippen LogP contribution in [0, 0.1) is 6.92 Å². The highest BCUT2D eigenvalue weighted by Crippen LogP contribution is 2.34. The van der Waals surface area contributed by atoms with Gasteiger partial charge < -0.3 is 4.74 Å². The molecular formula is C25H32N2O. The van der Waals surface area contributed by atoms with Crippen LogP contribution in [0.1, 0.15) is 64.1 Å². The zero-order valence-electron chi connectivity index (χ0n) is 17.8. The summed E-state index contributed by atoms with van der Waals surface area (Å²) in [6.07, 6.45) is 5.75. The summed E-state index contributed by atoms with van der Waals surface area (Å²) in [5.41, 5.74) is 5.95. The Bertz CT molecular complexity index is 910. The summed E-state index contributed by atoms with van der Waals surface area (Å²) < 4.78 is 7.92. The third-order valence-corrected chi connectivity index (χ3v) is 5.11. The van der Waals surface area contributed by atoms with Gasteiger partial charge in [0.15, 0.2) is 0 Å². The van der Waals surface area contributed by atoms with Gasteiger partial charge in [0.05, 0.1) is 17.5 Å². The molecule has 3 nitrogen and oxygen atoms in total. The fourth-order valence-corrected chi connectivity index (χ4v) is 3.77. The van der Waals surface area contributed by atoms with Gasteiger partial charge in [-0.15, -0.1) is 0 Å². The van der Waals surface area contributed by atoms with Crippen molar-refractivity contribution in [2.24, 2.45) is 0 Å². The van der Waals surface area contributed by atoms with E-state index in [1.54, 1.807) is 0 Å². The van der Waals surface area contributed by atoms with Gasteiger partial charge in [-0.2, -0.15) is 5.10 Å². The molecule has 0 N–H and O–H groups in total. The molecule has 3 aromatic rings. The molecule has 0 fully saturated rings. The molecule has 1 heterocycles. The minimum Gasteiger partial charge on any atom is -0.491 e. The summed E-state index contributed by atoms with van der Waals surface area (Å²) in [7, 11) is 0. The maximum absolute atomic E-state index is 5.89. The Morgan fingerprint density at radius 3 is 2.43 bits per heavy atom. The number of nitrogens with zero attached hydrogens (tertiary/aromatic N) is 2. The van der Waals surface area contributed by atoms with Crippen LogP contribution in [0.5, 0.6) is 5.75 Å². The topological polar surface area (TPSA) is 27.1 Å². The summed E-state index contributed by atoms with van der Waals surface area (Å²) >= 11 is 0. The molecule has 1 unspecified atom stereocenters. The van der Waals surface area contributed by atoms with Gasteiger partial charge in [0.2, 0.25) is 0 Å². The van der Waals surface area contributed by atoms with Crippen molar-refractivity contribution in [1.29, 1.82) is 0 Å². The Morgan fingerprint density at radius 2 is 1.79 bits per heavy atom. The first-order valence-electron chi connectivity index (χ1n) is 10.5. The number of rotatable bonds is 8. The number of hydrogen-bond acceptors (Lipinski definition) is 2. The minimum absolute atomic E-state index is 0.166. The van der Waals surface area contributed by atoms with E-state index in [0.717, 1.165) is 17.9 Å². The summed E-state index contributed by atoms with van der Waals surface area (Å²) in [4.78, 5) is 0. The van der Waals surface area contributed by atoms with Gasteiger partial charge in [-0.3, -0.25) is 0 Å². The maximum Gasteiger partial charge on any atom is 0.120 e. The highest BCUT2D eigenvalue weighted by Gasteiger charge is 2.16. The Kier molecular flexibility index (Phi) is 6.56. The summed E-state index contributed by atoms with van der Waals surface area (Å²) in [6.45, 7) is 10.7. The predicted molar refractivity (Wildman–Crippen MR) is 117 cm³/mol. The molecule has 0 aliphatic rings. The molecule has 3 heteroatoms. The molecule has 0 bridgehead atoms. The van der Waals surface area contributed by atoms with Gasteiger partial charge in [-0.1, -0.05) is 44.5 Å². The quantitative estimate of drug-likeness (QED) is 0.426. The van der Waals surface area contributed by atoms with Gasteiger partial charge in [-0.05, 0) is 80.5 Å². The van der Waals surface area contributed by atoms with E-state index in [1.165, 1.54) is 35.2 Å². The van der Waals surface area contributed by atoms with Gasteiger partial charge >= 0.3 is 0 Å². The minimum atomic E-state index is 0.166. The van der Waals surface area contributed by atoms with Crippen LogP contribution >= 0.6 is 0 Å². The van der Waals surface area contributed by atoms with E-state index >= 15 is 0 Å². The van der Waals surface area contributed by atoms with Crippen LogP contribution < -0.4 is 4.74 Å². The van der Waals surface area contributed by atoms with Crippen LogP contribution in [-0.4, -0.2) is 15.9 Å². The smallest absolute Gasteiger partial charge is 0.120 e. The Labute approximate surface area is 169 Å². The standard InChI is InChI=1S/C25H32N2O/c1-6-9-20(7-2)24-13-12-22(17-25(24)27-15-14-19(5)26-27)21-10-8-11-23(16-21)28-18(3)4/h8,10-18,20H,6-7,9H2,1-5H3. The van der Waals surface area contributed by atoms with Crippen LogP contribution in [0.2, 0.25) is 0 Å². The molecule has 0 aliphatic carbocycles. The second-order valence-electron chi connectivity index (χ2n) is 7.76. The summed E-state index contributed by atoms with van der Waals surface area (Å²) in [6, 6.07) is 17.2. The summed E-state index contributed by atoms with van der Waals surface area (Å²) in [5.74, 6) is 1.46. The summed E-state index contributed by atoms with van der Waals surface area (Å²) in [5, 5.41) is 4.70. The third kappa shape index (κ3) is 4.64. The Hall–Kier alpha value is -2.55. The monoisotopic (exact) mass is 376 g/mol. The third-order valence-electron chi connectivity index (χ3n) is 5.11. The molecule has 1 aromatic heterocycles. The van der Waals surface area contributed by atoms with E-state index < -0.39 is 0 Å². The lowest BCUT2D eigenvalue weighted by Gasteiger charge is -2.20.